The van der Waals surface area contributed by atoms with E-state index in [9.17, 15) is 23.6 Å². The smallest absolute Gasteiger partial charge is 0.418 e. The summed E-state index contributed by atoms with van der Waals surface area (Å²) < 4.78 is 19.8. The van der Waals surface area contributed by atoms with Crippen molar-refractivity contribution in [1.82, 2.24) is 10.2 Å². The largest absolute Gasteiger partial charge is 0.480 e. The summed E-state index contributed by atoms with van der Waals surface area (Å²) in [5, 5.41) is 13.4. The molecule has 9 nitrogen and oxygen atoms in total. The summed E-state index contributed by atoms with van der Waals surface area (Å²) in [6.45, 7) is -0.826. The summed E-state index contributed by atoms with van der Waals surface area (Å²) in [5.41, 5.74) is -1.48. The molecule has 132 valence electrons. The fraction of sp³-hybridized carbons (Fsp3) is 0.333. The summed E-state index contributed by atoms with van der Waals surface area (Å²) in [6.07, 6.45) is -0.971. The first-order valence-corrected chi connectivity index (χ1v) is 7.37. The van der Waals surface area contributed by atoms with Crippen LogP contribution in [0.25, 0.3) is 0 Å². The van der Waals surface area contributed by atoms with E-state index < -0.39 is 42.0 Å². The Morgan fingerprint density at radius 3 is 2.76 bits per heavy atom. The van der Waals surface area contributed by atoms with E-state index in [0.29, 0.717) is 4.90 Å². The fourth-order valence-corrected chi connectivity index (χ4v) is 3.11. The third kappa shape index (κ3) is 2.46. The van der Waals surface area contributed by atoms with Crippen LogP contribution in [0.1, 0.15) is 17.5 Å². The lowest BCUT2D eigenvalue weighted by Crippen LogP contribution is -2.39. The van der Waals surface area contributed by atoms with Crippen molar-refractivity contribution in [2.24, 2.45) is 0 Å². The van der Waals surface area contributed by atoms with Crippen molar-refractivity contribution in [3.8, 4) is 0 Å². The number of aliphatic carboxylic acids is 1. The number of carbonyl (C=O) groups excluding carboxylic acids is 3. The van der Waals surface area contributed by atoms with Gasteiger partial charge >= 0.3 is 18.1 Å². The van der Waals surface area contributed by atoms with Gasteiger partial charge in [-0.05, 0) is 18.1 Å². The average Bonchev–Trinajstić information content (AvgIpc) is 3.04. The Kier molecular flexibility index (Phi) is 3.82. The maximum absolute atomic E-state index is 14.6. The standard InChI is InChI=1S/C15H14FN3O6/c1-17-13(23)18-9-3-2-8-7(11(9)16)4-5-15(8)12(22)19(6-10(20)21)14(24)25-15/h2-3H,4-6H2,1H3,(H,20,21)(H2,17,18,23)/t15-/m1/s1. The van der Waals surface area contributed by atoms with E-state index in [0.717, 1.165) is 0 Å². The highest BCUT2D eigenvalue weighted by Crippen LogP contribution is 2.47. The first-order valence-electron chi connectivity index (χ1n) is 7.37. The molecule has 2 aliphatic rings. The second-order valence-corrected chi connectivity index (χ2v) is 5.64. The van der Waals surface area contributed by atoms with Crippen LogP contribution in [0, 0.1) is 5.82 Å². The lowest BCUT2D eigenvalue weighted by atomic mass is 9.94. The Bertz CT molecular complexity index is 811. The number of nitrogens with one attached hydrogen (secondary N) is 2. The highest BCUT2D eigenvalue weighted by molar-refractivity contribution is 6.06. The van der Waals surface area contributed by atoms with Crippen molar-refractivity contribution < 1.29 is 33.4 Å². The van der Waals surface area contributed by atoms with Crippen LogP contribution in [-0.2, 0) is 26.3 Å². The highest BCUT2D eigenvalue weighted by Gasteiger charge is 2.59. The Labute approximate surface area is 140 Å². The van der Waals surface area contributed by atoms with E-state index >= 15 is 0 Å². The summed E-state index contributed by atoms with van der Waals surface area (Å²) in [4.78, 5) is 47.1. The first kappa shape index (κ1) is 16.7. The number of nitrogens with zero attached hydrogens (tertiary/aromatic N) is 1. The van der Waals surface area contributed by atoms with Crippen LogP contribution in [0.4, 0.5) is 19.7 Å². The van der Waals surface area contributed by atoms with E-state index in [1.165, 1.54) is 19.2 Å². The summed E-state index contributed by atoms with van der Waals surface area (Å²) >= 11 is 0. The monoisotopic (exact) mass is 351 g/mol. The van der Waals surface area contributed by atoms with Gasteiger partial charge in [0.1, 0.15) is 12.4 Å². The van der Waals surface area contributed by atoms with Crippen LogP contribution in [0.3, 0.4) is 0 Å². The molecule has 1 aliphatic carbocycles. The molecule has 1 aromatic rings. The maximum Gasteiger partial charge on any atom is 0.418 e. The van der Waals surface area contributed by atoms with Crippen LogP contribution in [0.2, 0.25) is 0 Å². The molecule has 0 radical (unpaired) electrons. The second-order valence-electron chi connectivity index (χ2n) is 5.64. The summed E-state index contributed by atoms with van der Waals surface area (Å²) in [6, 6.07) is 2.05. The third-order valence-electron chi connectivity index (χ3n) is 4.25. The van der Waals surface area contributed by atoms with Gasteiger partial charge in [0.05, 0.1) is 5.69 Å². The molecule has 10 heteroatoms. The second kappa shape index (κ2) is 5.72. The van der Waals surface area contributed by atoms with Crippen molar-refractivity contribution in [2.45, 2.75) is 18.4 Å². The Morgan fingerprint density at radius 1 is 1.40 bits per heavy atom. The lowest BCUT2D eigenvalue weighted by molar-refractivity contribution is -0.144. The Morgan fingerprint density at radius 2 is 2.12 bits per heavy atom. The number of ether oxygens (including phenoxy) is 1. The number of rotatable bonds is 3. The molecule has 1 saturated heterocycles. The Hall–Kier alpha value is -3.17. The van der Waals surface area contributed by atoms with Crippen molar-refractivity contribution in [2.75, 3.05) is 18.9 Å². The van der Waals surface area contributed by atoms with Crippen molar-refractivity contribution >= 4 is 29.7 Å². The molecule has 1 aromatic carbocycles. The molecule has 0 aromatic heterocycles. The molecule has 3 N–H and O–H groups in total. The third-order valence-corrected chi connectivity index (χ3v) is 4.25. The van der Waals surface area contributed by atoms with Gasteiger partial charge in [-0.2, -0.15) is 0 Å². The molecular weight excluding hydrogens is 337 g/mol. The molecule has 3 rings (SSSR count). The van der Waals surface area contributed by atoms with Crippen molar-refractivity contribution in [3.05, 3.63) is 29.1 Å². The SMILES string of the molecule is CNC(=O)Nc1ccc2c(c1F)CC[C@@]21OC(=O)N(CC(=O)O)C1=O. The Balaban J connectivity index is 1.99. The molecule has 0 saturated carbocycles. The molecule has 1 spiro atoms. The minimum absolute atomic E-state index is 0.00335. The average molecular weight is 351 g/mol. The fourth-order valence-electron chi connectivity index (χ4n) is 3.11. The number of fused-ring (bicyclic) bond motifs is 2. The van der Waals surface area contributed by atoms with Gasteiger partial charge in [0.25, 0.3) is 5.91 Å². The van der Waals surface area contributed by atoms with Crippen molar-refractivity contribution in [1.29, 1.82) is 0 Å². The molecule has 25 heavy (non-hydrogen) atoms. The number of carboxylic acids is 1. The molecule has 1 atom stereocenters. The van der Waals surface area contributed by atoms with Gasteiger partial charge in [0, 0.05) is 19.0 Å². The molecule has 0 bridgehead atoms. The molecule has 1 fully saturated rings. The summed E-state index contributed by atoms with van der Waals surface area (Å²) in [7, 11) is 1.38. The number of anilines is 1. The number of benzene rings is 1. The zero-order valence-corrected chi connectivity index (χ0v) is 13.1. The zero-order valence-electron chi connectivity index (χ0n) is 13.1. The molecule has 0 unspecified atom stereocenters. The number of hydrogen-bond acceptors (Lipinski definition) is 5. The first-order chi connectivity index (χ1) is 11.8. The zero-order chi connectivity index (χ0) is 18.4. The minimum atomic E-state index is -1.71. The normalized spacial score (nSPS) is 21.3. The quantitative estimate of drug-likeness (QED) is 0.739. The molecule has 1 heterocycles. The van der Waals surface area contributed by atoms with Crippen LogP contribution < -0.4 is 10.6 Å². The summed E-state index contributed by atoms with van der Waals surface area (Å²) in [5.74, 6) is -2.92. The van der Waals surface area contributed by atoms with Gasteiger partial charge < -0.3 is 20.5 Å². The maximum atomic E-state index is 14.6. The van der Waals surface area contributed by atoms with E-state index in [-0.39, 0.29) is 29.7 Å². The van der Waals surface area contributed by atoms with Crippen LogP contribution in [0.5, 0.6) is 0 Å². The minimum Gasteiger partial charge on any atom is -0.480 e. The number of urea groups is 1. The van der Waals surface area contributed by atoms with Crippen LogP contribution >= 0.6 is 0 Å². The lowest BCUT2D eigenvalue weighted by Gasteiger charge is -2.20. The van der Waals surface area contributed by atoms with E-state index in [1.54, 1.807) is 0 Å². The predicted molar refractivity (Wildman–Crippen MR) is 80.3 cm³/mol. The number of carboxylic acid groups (broad SMARTS) is 1. The van der Waals surface area contributed by atoms with E-state index in [1.807, 2.05) is 0 Å². The highest BCUT2D eigenvalue weighted by atomic mass is 19.1. The van der Waals surface area contributed by atoms with Gasteiger partial charge in [-0.25, -0.2) is 18.9 Å². The van der Waals surface area contributed by atoms with Gasteiger partial charge in [0.2, 0.25) is 5.60 Å². The number of halogens is 1. The van der Waals surface area contributed by atoms with Crippen LogP contribution in [-0.4, -0.2) is 47.6 Å². The number of carbonyl (C=O) groups is 4. The number of imide groups is 1. The number of hydrogen-bond donors (Lipinski definition) is 3. The van der Waals surface area contributed by atoms with E-state index in [4.69, 9.17) is 9.84 Å². The molecule has 1 aliphatic heterocycles. The predicted octanol–water partition coefficient (Wildman–Crippen LogP) is 0.782. The van der Waals surface area contributed by atoms with Crippen LogP contribution in [0.15, 0.2) is 12.1 Å². The van der Waals surface area contributed by atoms with Gasteiger partial charge in [-0.15, -0.1) is 0 Å². The van der Waals surface area contributed by atoms with Gasteiger partial charge in [0.15, 0.2) is 0 Å². The molecule has 4 amide bonds. The van der Waals surface area contributed by atoms with Crippen molar-refractivity contribution in [3.63, 3.8) is 0 Å². The van der Waals surface area contributed by atoms with Gasteiger partial charge in [-0.1, -0.05) is 6.07 Å². The van der Waals surface area contributed by atoms with E-state index in [2.05, 4.69) is 10.6 Å². The van der Waals surface area contributed by atoms with Gasteiger partial charge in [-0.3, -0.25) is 9.59 Å². The topological polar surface area (TPSA) is 125 Å². The number of amides is 4. The molecular formula is C15H14FN3O6.